The first kappa shape index (κ1) is 30.1. The van der Waals surface area contributed by atoms with Gasteiger partial charge in [0.05, 0.1) is 30.6 Å². The lowest BCUT2D eigenvalue weighted by Gasteiger charge is -2.24. The minimum Gasteiger partial charge on any atom is -0.467 e. The molecule has 45 heavy (non-hydrogen) atoms. The second kappa shape index (κ2) is 12.6. The summed E-state index contributed by atoms with van der Waals surface area (Å²) in [7, 11) is 1.48. The summed E-state index contributed by atoms with van der Waals surface area (Å²) in [5.74, 6) is -1.90. The first-order chi connectivity index (χ1) is 21.8. The van der Waals surface area contributed by atoms with Gasteiger partial charge in [0.25, 0.3) is 0 Å². The Morgan fingerprint density at radius 3 is 2.56 bits per heavy atom. The van der Waals surface area contributed by atoms with Crippen LogP contribution in [0.15, 0.2) is 73.1 Å². The minimum atomic E-state index is -1.42. The summed E-state index contributed by atoms with van der Waals surface area (Å²) in [5.41, 5.74) is 9.29. The van der Waals surface area contributed by atoms with Crippen molar-refractivity contribution in [2.75, 3.05) is 19.0 Å². The first-order valence-corrected chi connectivity index (χ1v) is 14.5. The second-order valence-corrected chi connectivity index (χ2v) is 10.9. The smallest absolute Gasteiger partial charge is 0.316 e. The number of anilines is 1. The highest BCUT2D eigenvalue weighted by Crippen LogP contribution is 2.33. The summed E-state index contributed by atoms with van der Waals surface area (Å²) >= 11 is 6.26. The zero-order valence-corrected chi connectivity index (χ0v) is 24.8. The molecule has 1 saturated heterocycles. The van der Waals surface area contributed by atoms with Crippen LogP contribution in [0.25, 0.3) is 33.2 Å². The Balaban J connectivity index is 1.22. The van der Waals surface area contributed by atoms with Crippen molar-refractivity contribution in [3.63, 3.8) is 0 Å². The van der Waals surface area contributed by atoms with E-state index in [9.17, 15) is 14.0 Å². The zero-order valence-electron chi connectivity index (χ0n) is 24.1. The van der Waals surface area contributed by atoms with Gasteiger partial charge in [-0.2, -0.15) is 5.10 Å². The number of alkyl halides is 1. The van der Waals surface area contributed by atoms with Gasteiger partial charge in [0.2, 0.25) is 11.8 Å². The van der Waals surface area contributed by atoms with Crippen LogP contribution in [0.5, 0.6) is 6.01 Å². The molecule has 2 aromatic heterocycles. The van der Waals surface area contributed by atoms with Gasteiger partial charge in [-0.3, -0.25) is 14.3 Å². The van der Waals surface area contributed by atoms with Crippen LogP contribution in [-0.2, 0) is 22.7 Å². The molecule has 230 valence electrons. The van der Waals surface area contributed by atoms with Crippen molar-refractivity contribution in [3.05, 3.63) is 89.6 Å². The number of nitrogens with two attached hydrogens (primary N) is 1. The molecule has 0 spiro atoms. The predicted octanol–water partition coefficient (Wildman–Crippen LogP) is 5.00. The monoisotopic (exact) mass is 631 g/mol. The number of likely N-dealkylation sites (tertiary alicyclic amines) is 1. The number of ether oxygens (including phenoxy) is 1. The molecule has 13 heteroatoms. The van der Waals surface area contributed by atoms with E-state index in [0.717, 1.165) is 16.5 Å². The van der Waals surface area contributed by atoms with Gasteiger partial charge in [0.1, 0.15) is 18.8 Å². The van der Waals surface area contributed by atoms with E-state index in [1.54, 1.807) is 54.9 Å². The quantitative estimate of drug-likeness (QED) is 0.247. The van der Waals surface area contributed by atoms with Crippen LogP contribution in [0.2, 0.25) is 5.02 Å². The average Bonchev–Trinajstić information content (AvgIpc) is 3.62. The molecular formula is C32H28ClF2N7O3. The van der Waals surface area contributed by atoms with E-state index in [1.165, 1.54) is 22.8 Å². The maximum absolute atomic E-state index is 15.5. The predicted molar refractivity (Wildman–Crippen MR) is 166 cm³/mol. The number of amides is 2. The van der Waals surface area contributed by atoms with Gasteiger partial charge in [0.15, 0.2) is 5.82 Å². The largest absolute Gasteiger partial charge is 0.467 e. The lowest BCUT2D eigenvalue weighted by molar-refractivity contribution is -0.137. The molecule has 2 amide bonds. The third-order valence-electron chi connectivity index (χ3n) is 7.74. The minimum absolute atomic E-state index is 0.101. The molecule has 0 bridgehead atoms. The number of nitrogens with zero attached hydrogens (tertiary/aromatic N) is 5. The summed E-state index contributed by atoms with van der Waals surface area (Å²) in [6, 6.07) is 15.9. The van der Waals surface area contributed by atoms with Crippen LogP contribution in [-0.4, -0.2) is 62.3 Å². The molecule has 10 nitrogen and oxygen atoms in total. The topological polar surface area (TPSA) is 128 Å². The number of carbonyl (C=O) groups excluding carboxylic acids is 2. The van der Waals surface area contributed by atoms with Gasteiger partial charge in [-0.1, -0.05) is 48.0 Å². The van der Waals surface area contributed by atoms with Crippen LogP contribution in [0, 0.1) is 5.82 Å². The van der Waals surface area contributed by atoms with E-state index >= 15 is 4.39 Å². The normalized spacial score (nSPS) is 16.2. The Morgan fingerprint density at radius 1 is 1.07 bits per heavy atom. The fourth-order valence-corrected chi connectivity index (χ4v) is 5.76. The molecule has 5 aromatic rings. The molecule has 3 N–H and O–H groups in total. The number of aromatic nitrogens is 4. The molecule has 1 aliphatic heterocycles. The Morgan fingerprint density at radius 2 is 1.82 bits per heavy atom. The van der Waals surface area contributed by atoms with Crippen molar-refractivity contribution in [1.82, 2.24) is 24.6 Å². The van der Waals surface area contributed by atoms with Crippen LogP contribution >= 0.6 is 11.6 Å². The fourth-order valence-electron chi connectivity index (χ4n) is 5.53. The molecule has 0 radical (unpaired) electrons. The summed E-state index contributed by atoms with van der Waals surface area (Å²) in [5, 5.41) is 8.16. The second-order valence-electron chi connectivity index (χ2n) is 10.5. The van der Waals surface area contributed by atoms with Crippen molar-refractivity contribution in [3.8, 4) is 28.3 Å². The van der Waals surface area contributed by atoms with Crippen molar-refractivity contribution in [1.29, 1.82) is 0 Å². The molecule has 2 atom stereocenters. The van der Waals surface area contributed by atoms with Gasteiger partial charge < -0.3 is 20.7 Å². The van der Waals surface area contributed by atoms with Crippen LogP contribution in [0.4, 0.5) is 14.5 Å². The van der Waals surface area contributed by atoms with Crippen LogP contribution in [0.1, 0.15) is 12.1 Å². The summed E-state index contributed by atoms with van der Waals surface area (Å²) in [4.78, 5) is 36.3. The zero-order chi connectivity index (χ0) is 31.7. The molecule has 6 rings (SSSR count). The first-order valence-electron chi connectivity index (χ1n) is 14.1. The average molecular weight is 632 g/mol. The van der Waals surface area contributed by atoms with Gasteiger partial charge >= 0.3 is 6.01 Å². The highest BCUT2D eigenvalue weighted by molar-refractivity contribution is 6.33. The molecule has 0 saturated carbocycles. The van der Waals surface area contributed by atoms with Crippen LogP contribution in [0.3, 0.4) is 0 Å². The van der Waals surface area contributed by atoms with E-state index in [1.807, 2.05) is 12.1 Å². The Bertz CT molecular complexity index is 1900. The number of hydrogen-bond donors (Lipinski definition) is 2. The van der Waals surface area contributed by atoms with Crippen molar-refractivity contribution < 1.29 is 23.1 Å². The number of carbonyl (C=O) groups is 2. The summed E-state index contributed by atoms with van der Waals surface area (Å²) < 4.78 is 36.7. The van der Waals surface area contributed by atoms with E-state index < -0.39 is 29.8 Å². The van der Waals surface area contributed by atoms with Gasteiger partial charge in [-0.15, -0.1) is 0 Å². The van der Waals surface area contributed by atoms with E-state index in [0.29, 0.717) is 21.8 Å². The number of benzene rings is 3. The molecule has 0 aliphatic carbocycles. The van der Waals surface area contributed by atoms with Crippen LogP contribution < -0.4 is 15.8 Å². The highest BCUT2D eigenvalue weighted by atomic mass is 35.5. The van der Waals surface area contributed by atoms with Crippen molar-refractivity contribution in [2.24, 2.45) is 5.73 Å². The molecule has 0 unspecified atom stereocenters. The molecular weight excluding hydrogens is 604 g/mol. The molecule has 3 heterocycles. The lowest BCUT2D eigenvalue weighted by atomic mass is 10.0. The molecule has 1 aliphatic rings. The SMILES string of the molecule is COc1ncc(-c2ccc3c(c2)c(CN)nn3CC(=O)N2C[C@H](F)C[C@H]2C(=O)Nc2cccc(-c3ccccc3Cl)c2F)cn1. The highest BCUT2D eigenvalue weighted by Gasteiger charge is 2.40. The Labute approximate surface area is 261 Å². The lowest BCUT2D eigenvalue weighted by Crippen LogP contribution is -2.44. The Hall–Kier alpha value is -4.94. The number of hydrogen-bond acceptors (Lipinski definition) is 7. The van der Waals surface area contributed by atoms with E-state index in [4.69, 9.17) is 22.1 Å². The van der Waals surface area contributed by atoms with E-state index in [-0.39, 0.29) is 43.3 Å². The molecule has 3 aromatic carbocycles. The fraction of sp³-hybridized carbons (Fsp3) is 0.219. The van der Waals surface area contributed by atoms with Crippen molar-refractivity contribution >= 4 is 40.0 Å². The number of rotatable bonds is 8. The standard InChI is InChI=1S/C32H28ClF2N7O3/c1-45-32-37-14-19(15-38-32)18-9-10-27-23(11-18)26(13-36)40-42(27)17-29(43)41-16-20(34)12-28(41)31(44)39-25-8-4-6-22(30(25)35)21-5-2-3-7-24(21)33/h2-11,14-15,20,28H,12-13,16-17,36H2,1H3,(H,39,44)/t20-,28+/m1/s1. The summed E-state index contributed by atoms with van der Waals surface area (Å²) in [6.45, 7) is -0.418. The third-order valence-corrected chi connectivity index (χ3v) is 8.07. The maximum atomic E-state index is 15.5. The summed E-state index contributed by atoms with van der Waals surface area (Å²) in [6.07, 6.45) is 1.62. The maximum Gasteiger partial charge on any atom is 0.316 e. The van der Waals surface area contributed by atoms with Gasteiger partial charge in [-0.25, -0.2) is 18.7 Å². The van der Waals surface area contributed by atoms with Crippen molar-refractivity contribution in [2.45, 2.75) is 31.7 Å². The Kier molecular flexibility index (Phi) is 8.42. The number of methoxy groups -OCH3 is 1. The number of nitrogens with one attached hydrogen (secondary N) is 1. The number of fused-ring (bicyclic) bond motifs is 1. The van der Waals surface area contributed by atoms with Gasteiger partial charge in [-0.05, 0) is 29.8 Å². The van der Waals surface area contributed by atoms with Gasteiger partial charge in [0, 0.05) is 52.5 Å². The third kappa shape index (κ3) is 5.94. The molecule has 1 fully saturated rings. The number of halogens is 3. The van der Waals surface area contributed by atoms with E-state index in [2.05, 4.69) is 20.4 Å².